The molecule has 5 unspecified atom stereocenters. The van der Waals surface area contributed by atoms with Crippen LogP contribution in [0.2, 0.25) is 0 Å². The van der Waals surface area contributed by atoms with Gasteiger partial charge in [-0.05, 0) is 74.3 Å². The Labute approximate surface area is 179 Å². The fourth-order valence-corrected chi connectivity index (χ4v) is 6.86. The van der Waals surface area contributed by atoms with E-state index in [9.17, 15) is 9.59 Å². The number of nitrogens with zero attached hydrogens (tertiary/aromatic N) is 1. The van der Waals surface area contributed by atoms with Gasteiger partial charge in [-0.3, -0.25) is 9.59 Å². The molecule has 2 bridgehead atoms. The predicted octanol–water partition coefficient (Wildman–Crippen LogP) is 3.64. The van der Waals surface area contributed by atoms with E-state index in [1.807, 2.05) is 35.2 Å². The Kier molecular flexibility index (Phi) is 5.70. The van der Waals surface area contributed by atoms with Crippen molar-refractivity contribution < 1.29 is 14.3 Å². The Bertz CT molecular complexity index is 759. The second-order valence-electron chi connectivity index (χ2n) is 9.84. The lowest BCUT2D eigenvalue weighted by molar-refractivity contribution is -0.136. The molecular weight excluding hydrogens is 376 g/mol. The molecule has 3 saturated carbocycles. The number of hydrogen-bond donors (Lipinski definition) is 1. The van der Waals surface area contributed by atoms with Gasteiger partial charge in [0.05, 0.1) is 13.0 Å². The average molecular weight is 411 g/mol. The number of carbonyl (C=O) groups is 2. The van der Waals surface area contributed by atoms with Gasteiger partial charge >= 0.3 is 0 Å². The number of rotatable bonds is 6. The molecule has 4 fully saturated rings. The van der Waals surface area contributed by atoms with Crippen molar-refractivity contribution in [1.29, 1.82) is 0 Å². The van der Waals surface area contributed by atoms with Crippen LogP contribution < -0.4 is 10.1 Å². The topological polar surface area (TPSA) is 58.6 Å². The molecule has 1 N–H and O–H groups in total. The van der Waals surface area contributed by atoms with Crippen molar-refractivity contribution in [1.82, 2.24) is 10.2 Å². The van der Waals surface area contributed by atoms with Crippen molar-refractivity contribution in [3.63, 3.8) is 0 Å². The van der Waals surface area contributed by atoms with Crippen LogP contribution in [0, 0.1) is 29.6 Å². The highest BCUT2D eigenvalue weighted by Crippen LogP contribution is 2.58. The number of ether oxygens (including phenoxy) is 1. The van der Waals surface area contributed by atoms with Crippen molar-refractivity contribution in [3.05, 3.63) is 30.3 Å². The fraction of sp³-hybridized carbons (Fsp3) is 0.680. The average Bonchev–Trinajstić information content (AvgIpc) is 3.48. The molecular formula is C25H34N2O3. The first kappa shape index (κ1) is 19.9. The normalized spacial score (nSPS) is 32.8. The van der Waals surface area contributed by atoms with Crippen molar-refractivity contribution in [2.75, 3.05) is 19.7 Å². The minimum atomic E-state index is 0.0631. The van der Waals surface area contributed by atoms with Crippen LogP contribution in [-0.4, -0.2) is 42.5 Å². The smallest absolute Gasteiger partial charge is 0.225 e. The lowest BCUT2D eigenvalue weighted by atomic mass is 9.79. The van der Waals surface area contributed by atoms with E-state index in [1.54, 1.807) is 0 Å². The highest BCUT2D eigenvalue weighted by Gasteiger charge is 2.54. The predicted molar refractivity (Wildman–Crippen MR) is 115 cm³/mol. The summed E-state index contributed by atoms with van der Waals surface area (Å²) in [6.07, 6.45) is 8.70. The highest BCUT2D eigenvalue weighted by atomic mass is 16.5. The SMILES string of the molecule is O=C(NC1CC2CC1C1CCCC21)C1CCN(C(=O)CCOc2ccccc2)CC1. The second kappa shape index (κ2) is 8.60. The summed E-state index contributed by atoms with van der Waals surface area (Å²) in [5, 5.41) is 3.43. The number of carbonyl (C=O) groups excluding carboxylic acids is 2. The minimum absolute atomic E-state index is 0.0631. The van der Waals surface area contributed by atoms with Gasteiger partial charge in [0.1, 0.15) is 5.75 Å². The van der Waals surface area contributed by atoms with E-state index >= 15 is 0 Å². The largest absolute Gasteiger partial charge is 0.493 e. The van der Waals surface area contributed by atoms with Crippen LogP contribution in [0.5, 0.6) is 5.75 Å². The molecule has 162 valence electrons. The summed E-state index contributed by atoms with van der Waals surface area (Å²) in [6.45, 7) is 1.77. The number of nitrogens with one attached hydrogen (secondary N) is 1. The zero-order chi connectivity index (χ0) is 20.5. The highest BCUT2D eigenvalue weighted by molar-refractivity contribution is 5.80. The number of hydrogen-bond acceptors (Lipinski definition) is 3. The van der Waals surface area contributed by atoms with E-state index in [0.717, 1.165) is 42.3 Å². The van der Waals surface area contributed by atoms with Gasteiger partial charge in [0.2, 0.25) is 11.8 Å². The van der Waals surface area contributed by atoms with Gasteiger partial charge in [0.25, 0.3) is 0 Å². The first-order valence-electron chi connectivity index (χ1n) is 11.9. The summed E-state index contributed by atoms with van der Waals surface area (Å²) in [5.74, 6) is 4.67. The van der Waals surface area contributed by atoms with Crippen LogP contribution in [0.15, 0.2) is 30.3 Å². The number of para-hydroxylation sites is 1. The van der Waals surface area contributed by atoms with Gasteiger partial charge in [-0.15, -0.1) is 0 Å². The minimum Gasteiger partial charge on any atom is -0.493 e. The standard InChI is InChI=1S/C25H34N2O3/c28-24(11-14-30-19-5-2-1-3-6-19)27-12-9-17(10-13-27)25(29)26-23-16-18-15-22(23)21-8-4-7-20(18)21/h1-3,5-6,17-18,20-23H,4,7-16H2,(H,26,29). The number of piperidine rings is 1. The molecule has 2 amide bonds. The molecule has 0 aromatic heterocycles. The zero-order valence-corrected chi connectivity index (χ0v) is 17.8. The third-order valence-corrected chi connectivity index (χ3v) is 8.30. The fourth-order valence-electron chi connectivity index (χ4n) is 6.86. The third-order valence-electron chi connectivity index (χ3n) is 8.30. The molecule has 1 saturated heterocycles. The Morgan fingerprint density at radius 3 is 2.53 bits per heavy atom. The van der Waals surface area contributed by atoms with Crippen LogP contribution in [0.4, 0.5) is 0 Å². The van der Waals surface area contributed by atoms with Gasteiger partial charge in [-0.1, -0.05) is 24.6 Å². The maximum atomic E-state index is 12.9. The van der Waals surface area contributed by atoms with E-state index in [4.69, 9.17) is 4.74 Å². The molecule has 3 aliphatic carbocycles. The number of benzene rings is 1. The summed E-state index contributed by atoms with van der Waals surface area (Å²) in [4.78, 5) is 27.3. The first-order valence-corrected chi connectivity index (χ1v) is 11.9. The van der Waals surface area contributed by atoms with E-state index in [1.165, 1.54) is 32.1 Å². The quantitative estimate of drug-likeness (QED) is 0.779. The lowest BCUT2D eigenvalue weighted by Crippen LogP contribution is -2.48. The summed E-state index contributed by atoms with van der Waals surface area (Å²) in [6, 6.07) is 10.0. The number of amides is 2. The molecule has 5 atom stereocenters. The van der Waals surface area contributed by atoms with Gasteiger partial charge in [-0.25, -0.2) is 0 Å². The zero-order valence-electron chi connectivity index (χ0n) is 17.8. The summed E-state index contributed by atoms with van der Waals surface area (Å²) < 4.78 is 5.64. The van der Waals surface area contributed by atoms with E-state index in [2.05, 4.69) is 5.32 Å². The Balaban J connectivity index is 1.04. The molecule has 1 aromatic carbocycles. The molecule has 1 aromatic rings. The Morgan fingerprint density at radius 1 is 0.967 bits per heavy atom. The van der Waals surface area contributed by atoms with Crippen LogP contribution in [-0.2, 0) is 9.59 Å². The number of fused-ring (bicyclic) bond motifs is 5. The van der Waals surface area contributed by atoms with Gasteiger partial charge in [0, 0.05) is 25.0 Å². The molecule has 5 nitrogen and oxygen atoms in total. The Morgan fingerprint density at radius 2 is 1.73 bits per heavy atom. The van der Waals surface area contributed by atoms with E-state index in [-0.39, 0.29) is 17.7 Å². The third kappa shape index (κ3) is 3.95. The van der Waals surface area contributed by atoms with E-state index < -0.39 is 0 Å². The van der Waals surface area contributed by atoms with Gasteiger partial charge < -0.3 is 15.0 Å². The monoisotopic (exact) mass is 410 g/mol. The Hall–Kier alpha value is -2.04. The van der Waals surface area contributed by atoms with Crippen molar-refractivity contribution in [2.45, 2.75) is 57.4 Å². The van der Waals surface area contributed by atoms with Crippen molar-refractivity contribution in [2.24, 2.45) is 29.6 Å². The summed E-state index contributed by atoms with van der Waals surface area (Å²) in [5.41, 5.74) is 0. The number of likely N-dealkylation sites (tertiary alicyclic amines) is 1. The maximum Gasteiger partial charge on any atom is 0.225 e. The second-order valence-corrected chi connectivity index (χ2v) is 9.84. The molecule has 1 aliphatic heterocycles. The molecule has 1 heterocycles. The molecule has 5 rings (SSSR count). The van der Waals surface area contributed by atoms with E-state index in [0.29, 0.717) is 32.2 Å². The van der Waals surface area contributed by atoms with Gasteiger partial charge in [-0.2, -0.15) is 0 Å². The van der Waals surface area contributed by atoms with Crippen LogP contribution in [0.1, 0.15) is 51.4 Å². The van der Waals surface area contributed by atoms with Gasteiger partial charge in [0.15, 0.2) is 0 Å². The molecule has 5 heteroatoms. The van der Waals surface area contributed by atoms with Crippen molar-refractivity contribution >= 4 is 11.8 Å². The van der Waals surface area contributed by atoms with Crippen LogP contribution in [0.25, 0.3) is 0 Å². The maximum absolute atomic E-state index is 12.9. The molecule has 0 spiro atoms. The molecule has 4 aliphatic rings. The van der Waals surface area contributed by atoms with Crippen LogP contribution in [0.3, 0.4) is 0 Å². The van der Waals surface area contributed by atoms with Crippen molar-refractivity contribution in [3.8, 4) is 5.75 Å². The lowest BCUT2D eigenvalue weighted by Gasteiger charge is -2.35. The molecule has 30 heavy (non-hydrogen) atoms. The summed E-state index contributed by atoms with van der Waals surface area (Å²) in [7, 11) is 0. The first-order chi connectivity index (χ1) is 14.7. The van der Waals surface area contributed by atoms with Crippen LogP contribution >= 0.6 is 0 Å². The summed E-state index contributed by atoms with van der Waals surface area (Å²) >= 11 is 0. The molecule has 0 radical (unpaired) electrons.